The molecular weight excluding hydrogens is 401 g/mol. The highest BCUT2D eigenvalue weighted by Gasteiger charge is 2.34. The number of methoxy groups -OCH3 is 1. The van der Waals surface area contributed by atoms with Crippen LogP contribution in [0.5, 0.6) is 11.5 Å². The Hall–Kier alpha value is -2.97. The molecular formula is C21H23F3N2O4. The molecule has 9 heteroatoms. The van der Waals surface area contributed by atoms with E-state index >= 15 is 0 Å². The average molecular weight is 424 g/mol. The predicted molar refractivity (Wildman–Crippen MR) is 103 cm³/mol. The minimum Gasteiger partial charge on any atom is -0.493 e. The number of aromatic nitrogens is 1. The van der Waals surface area contributed by atoms with E-state index in [0.29, 0.717) is 23.1 Å². The number of nitrogens with zero attached hydrogens (tertiary/aromatic N) is 1. The van der Waals surface area contributed by atoms with Gasteiger partial charge in [0.15, 0.2) is 11.5 Å². The van der Waals surface area contributed by atoms with E-state index in [4.69, 9.17) is 9.47 Å². The van der Waals surface area contributed by atoms with E-state index in [2.05, 4.69) is 5.32 Å². The van der Waals surface area contributed by atoms with Gasteiger partial charge in [-0.3, -0.25) is 9.59 Å². The zero-order chi connectivity index (χ0) is 21.7. The molecule has 6 nitrogen and oxygen atoms in total. The van der Waals surface area contributed by atoms with Gasteiger partial charge in [0.05, 0.1) is 13.2 Å². The van der Waals surface area contributed by atoms with E-state index in [9.17, 15) is 22.8 Å². The van der Waals surface area contributed by atoms with Gasteiger partial charge in [-0.25, -0.2) is 0 Å². The number of hydrogen-bond donors (Lipinski definition) is 1. The molecule has 0 saturated heterocycles. The summed E-state index contributed by atoms with van der Waals surface area (Å²) in [5, 5.41) is 2.63. The fourth-order valence-electron chi connectivity index (χ4n) is 3.45. The van der Waals surface area contributed by atoms with Crippen molar-refractivity contribution < 1.29 is 27.4 Å². The molecule has 1 aromatic carbocycles. The molecule has 0 spiro atoms. The van der Waals surface area contributed by atoms with Crippen LogP contribution in [0.15, 0.2) is 41.3 Å². The number of pyridine rings is 1. The molecule has 1 N–H and O–H groups in total. The number of benzene rings is 1. The van der Waals surface area contributed by atoms with E-state index in [1.165, 1.54) is 7.11 Å². The third-order valence-electron chi connectivity index (χ3n) is 4.98. The van der Waals surface area contributed by atoms with Gasteiger partial charge in [-0.2, -0.15) is 13.2 Å². The summed E-state index contributed by atoms with van der Waals surface area (Å²) < 4.78 is 50.8. The lowest BCUT2D eigenvalue weighted by atomic mass is 10.1. The van der Waals surface area contributed by atoms with Gasteiger partial charge in [0.25, 0.3) is 5.56 Å². The van der Waals surface area contributed by atoms with Crippen LogP contribution in [-0.4, -0.2) is 23.7 Å². The molecule has 1 aliphatic rings. The lowest BCUT2D eigenvalue weighted by Gasteiger charge is -2.19. The Morgan fingerprint density at radius 3 is 2.60 bits per heavy atom. The van der Waals surface area contributed by atoms with E-state index in [1.54, 1.807) is 18.2 Å². The molecule has 0 bridgehead atoms. The molecule has 1 heterocycles. The van der Waals surface area contributed by atoms with Crippen LogP contribution in [0, 0.1) is 0 Å². The van der Waals surface area contributed by atoms with Crippen molar-refractivity contribution in [3.8, 4) is 11.5 Å². The van der Waals surface area contributed by atoms with Crippen molar-refractivity contribution in [3.05, 3.63) is 58.0 Å². The first kappa shape index (κ1) is 21.7. The molecule has 1 fully saturated rings. The van der Waals surface area contributed by atoms with Gasteiger partial charge in [-0.05, 0) is 43.9 Å². The maximum atomic E-state index is 12.9. The van der Waals surface area contributed by atoms with E-state index in [0.717, 1.165) is 42.5 Å². The van der Waals surface area contributed by atoms with Crippen molar-refractivity contribution in [3.63, 3.8) is 0 Å². The zero-order valence-corrected chi connectivity index (χ0v) is 16.5. The Kier molecular flexibility index (Phi) is 6.69. The van der Waals surface area contributed by atoms with Crippen LogP contribution >= 0.6 is 0 Å². The lowest BCUT2D eigenvalue weighted by molar-refractivity contribution is -0.139. The Morgan fingerprint density at radius 2 is 1.93 bits per heavy atom. The van der Waals surface area contributed by atoms with Crippen LogP contribution < -0.4 is 20.3 Å². The monoisotopic (exact) mass is 424 g/mol. The van der Waals surface area contributed by atoms with Crippen molar-refractivity contribution in [1.82, 2.24) is 9.88 Å². The summed E-state index contributed by atoms with van der Waals surface area (Å²) in [6, 6.07) is 7.09. The fraction of sp³-hybridized carbons (Fsp3) is 0.429. The third kappa shape index (κ3) is 5.14. The first-order valence-corrected chi connectivity index (χ1v) is 9.65. The second-order valence-corrected chi connectivity index (χ2v) is 7.10. The maximum absolute atomic E-state index is 12.9. The van der Waals surface area contributed by atoms with Crippen LogP contribution in [-0.2, 0) is 24.1 Å². The Morgan fingerprint density at radius 1 is 1.20 bits per heavy atom. The first-order chi connectivity index (χ1) is 14.3. The summed E-state index contributed by atoms with van der Waals surface area (Å²) >= 11 is 0. The smallest absolute Gasteiger partial charge is 0.421 e. The van der Waals surface area contributed by atoms with Gasteiger partial charge in [0.1, 0.15) is 12.1 Å². The molecule has 3 rings (SSSR count). The summed E-state index contributed by atoms with van der Waals surface area (Å²) in [5.41, 5.74) is -1.88. The average Bonchev–Trinajstić information content (AvgIpc) is 3.21. The molecule has 2 aromatic rings. The van der Waals surface area contributed by atoms with Crippen LogP contribution in [0.25, 0.3) is 0 Å². The number of amides is 1. The van der Waals surface area contributed by atoms with Gasteiger partial charge in [-0.1, -0.05) is 12.1 Å². The van der Waals surface area contributed by atoms with Gasteiger partial charge >= 0.3 is 6.18 Å². The number of nitrogens with one attached hydrogen (secondary N) is 1. The number of ether oxygens (including phenoxy) is 2. The highest BCUT2D eigenvalue weighted by atomic mass is 19.4. The molecule has 1 aromatic heterocycles. The number of halogens is 3. The summed E-state index contributed by atoms with van der Waals surface area (Å²) in [5.74, 6) is 0.497. The fourth-order valence-corrected chi connectivity index (χ4v) is 3.45. The minimum absolute atomic E-state index is 0.0828. The van der Waals surface area contributed by atoms with Crippen molar-refractivity contribution in [2.45, 2.75) is 51.1 Å². The molecule has 30 heavy (non-hydrogen) atoms. The highest BCUT2D eigenvalue weighted by Crippen LogP contribution is 2.34. The van der Waals surface area contributed by atoms with Crippen molar-refractivity contribution >= 4 is 5.91 Å². The number of para-hydroxylation sites is 1. The van der Waals surface area contributed by atoms with Crippen molar-refractivity contribution in [1.29, 1.82) is 0 Å². The quantitative estimate of drug-likeness (QED) is 0.739. The predicted octanol–water partition coefficient (Wildman–Crippen LogP) is 3.51. The van der Waals surface area contributed by atoms with E-state index in [-0.39, 0.29) is 12.6 Å². The molecule has 162 valence electrons. The lowest BCUT2D eigenvalue weighted by Crippen LogP contribution is -2.34. The van der Waals surface area contributed by atoms with Gasteiger partial charge in [-0.15, -0.1) is 0 Å². The Bertz CT molecular complexity index is 950. The van der Waals surface area contributed by atoms with Gasteiger partial charge in [0.2, 0.25) is 5.91 Å². The summed E-state index contributed by atoms with van der Waals surface area (Å²) in [6.45, 7) is -0.433. The van der Waals surface area contributed by atoms with Crippen molar-refractivity contribution in [2.75, 3.05) is 7.11 Å². The van der Waals surface area contributed by atoms with Crippen LogP contribution in [0.4, 0.5) is 13.2 Å². The molecule has 1 amide bonds. The molecule has 0 unspecified atom stereocenters. The summed E-state index contributed by atoms with van der Waals surface area (Å²) in [4.78, 5) is 24.3. The number of alkyl halides is 3. The summed E-state index contributed by atoms with van der Waals surface area (Å²) in [7, 11) is 1.53. The first-order valence-electron chi connectivity index (χ1n) is 9.65. The molecule has 0 aliphatic heterocycles. The summed E-state index contributed by atoms with van der Waals surface area (Å²) in [6.07, 6.45) is 0.542. The Balaban J connectivity index is 1.70. The SMILES string of the molecule is COc1cccc(CNC(=O)Cn2cccc(C(F)(F)F)c2=O)c1OC1CCCC1. The molecule has 0 atom stereocenters. The Labute approximate surface area is 171 Å². The number of rotatable bonds is 7. The van der Waals surface area contributed by atoms with E-state index in [1.807, 2.05) is 0 Å². The standard InChI is InChI=1S/C21H23F3N2O4/c1-29-17-10-4-6-14(19(17)30-15-7-2-3-8-15)12-25-18(27)13-26-11-5-9-16(20(26)28)21(22,23)24/h4-6,9-11,15H,2-3,7-8,12-13H2,1H3,(H,25,27). The molecule has 1 saturated carbocycles. The zero-order valence-electron chi connectivity index (χ0n) is 16.5. The normalized spacial score (nSPS) is 14.5. The van der Waals surface area contributed by atoms with Gasteiger partial charge in [0, 0.05) is 18.3 Å². The highest BCUT2D eigenvalue weighted by molar-refractivity contribution is 5.75. The number of hydrogen-bond acceptors (Lipinski definition) is 4. The maximum Gasteiger partial charge on any atom is 0.421 e. The van der Waals surface area contributed by atoms with Crippen LogP contribution in [0.2, 0.25) is 0 Å². The topological polar surface area (TPSA) is 69.6 Å². The number of carbonyl (C=O) groups is 1. The van der Waals surface area contributed by atoms with E-state index < -0.39 is 29.8 Å². The second-order valence-electron chi connectivity index (χ2n) is 7.10. The van der Waals surface area contributed by atoms with Crippen molar-refractivity contribution in [2.24, 2.45) is 0 Å². The molecule has 1 aliphatic carbocycles. The second kappa shape index (κ2) is 9.23. The molecule has 0 radical (unpaired) electrons. The number of carbonyl (C=O) groups excluding carboxylic acids is 1. The third-order valence-corrected chi connectivity index (χ3v) is 4.98. The van der Waals surface area contributed by atoms with Crippen LogP contribution in [0.1, 0.15) is 36.8 Å². The largest absolute Gasteiger partial charge is 0.493 e. The van der Waals surface area contributed by atoms with Gasteiger partial charge < -0.3 is 19.4 Å². The van der Waals surface area contributed by atoms with Crippen LogP contribution in [0.3, 0.4) is 0 Å². The minimum atomic E-state index is -4.77.